The van der Waals surface area contributed by atoms with E-state index in [2.05, 4.69) is 32.2 Å². The summed E-state index contributed by atoms with van der Waals surface area (Å²) in [6, 6.07) is 6.58. The monoisotopic (exact) mass is 337 g/mol. The fourth-order valence-electron chi connectivity index (χ4n) is 4.21. The summed E-state index contributed by atoms with van der Waals surface area (Å²) in [5.74, 6) is 1.41. The summed E-state index contributed by atoms with van der Waals surface area (Å²) in [5, 5.41) is 7.31. The van der Waals surface area contributed by atoms with Gasteiger partial charge >= 0.3 is 0 Å². The summed E-state index contributed by atoms with van der Waals surface area (Å²) < 4.78 is 0. The topological polar surface area (TPSA) is 65.1 Å². The van der Waals surface area contributed by atoms with Gasteiger partial charge in [0.1, 0.15) is 5.69 Å². The smallest absolute Gasteiger partial charge is 0.274 e. The van der Waals surface area contributed by atoms with Gasteiger partial charge in [0.05, 0.1) is 0 Å². The second-order valence-corrected chi connectivity index (χ2v) is 7.63. The zero-order valence-electron chi connectivity index (χ0n) is 14.3. The number of carbonyl (C=O) groups is 1. The van der Waals surface area contributed by atoms with Crippen molar-refractivity contribution in [1.82, 2.24) is 25.0 Å². The summed E-state index contributed by atoms with van der Waals surface area (Å²) in [7, 11) is 0. The Labute approximate surface area is 147 Å². The average molecular weight is 337 g/mol. The quantitative estimate of drug-likeness (QED) is 0.927. The summed E-state index contributed by atoms with van der Waals surface area (Å²) >= 11 is 0. The Morgan fingerprint density at radius 1 is 1.20 bits per heavy atom. The molecule has 2 aromatic heterocycles. The molecule has 130 valence electrons. The number of amides is 1. The van der Waals surface area contributed by atoms with Crippen LogP contribution in [0.3, 0.4) is 0 Å². The maximum Gasteiger partial charge on any atom is 0.274 e. The standard InChI is InChI=1S/C19H23N5O/c25-19(17-9-16(21-22-17)14-1-2-14)23-8-5-15-11-24(18(15)12-23)10-13-3-6-20-7-4-13/h3-4,6-7,9,14-15,18H,1-2,5,8,10-12H2,(H,21,22)/t15-,18-/m1/s1. The van der Waals surface area contributed by atoms with Crippen LogP contribution in [0.4, 0.5) is 0 Å². The molecule has 0 bridgehead atoms. The first kappa shape index (κ1) is 15.1. The predicted molar refractivity (Wildman–Crippen MR) is 93.0 cm³/mol. The zero-order valence-corrected chi connectivity index (χ0v) is 14.3. The van der Waals surface area contributed by atoms with Crippen molar-refractivity contribution in [1.29, 1.82) is 0 Å². The van der Waals surface area contributed by atoms with E-state index in [1.165, 1.54) is 18.4 Å². The molecule has 5 rings (SSSR count). The minimum atomic E-state index is 0.0809. The minimum Gasteiger partial charge on any atom is -0.336 e. The van der Waals surface area contributed by atoms with Gasteiger partial charge < -0.3 is 4.90 Å². The van der Waals surface area contributed by atoms with Crippen molar-refractivity contribution in [3.05, 3.63) is 47.5 Å². The van der Waals surface area contributed by atoms with Gasteiger partial charge in [-0.25, -0.2) is 0 Å². The molecule has 0 aromatic carbocycles. The molecule has 2 aliphatic heterocycles. The molecule has 6 heteroatoms. The van der Waals surface area contributed by atoms with Gasteiger partial charge in [0, 0.05) is 56.2 Å². The van der Waals surface area contributed by atoms with Crippen LogP contribution in [0.2, 0.25) is 0 Å². The van der Waals surface area contributed by atoms with Gasteiger partial charge in [0.2, 0.25) is 0 Å². The number of H-pyrrole nitrogens is 1. The highest BCUT2D eigenvalue weighted by molar-refractivity contribution is 5.92. The first-order valence-electron chi connectivity index (χ1n) is 9.25. The van der Waals surface area contributed by atoms with Gasteiger partial charge in [-0.2, -0.15) is 5.10 Å². The Hall–Kier alpha value is -2.21. The zero-order chi connectivity index (χ0) is 16.8. The van der Waals surface area contributed by atoms with Crippen LogP contribution >= 0.6 is 0 Å². The molecule has 6 nitrogen and oxygen atoms in total. The number of nitrogens with one attached hydrogen (secondary N) is 1. The van der Waals surface area contributed by atoms with Crippen LogP contribution in [-0.2, 0) is 6.54 Å². The maximum absolute atomic E-state index is 12.8. The number of fused-ring (bicyclic) bond motifs is 1. The molecule has 0 unspecified atom stereocenters. The lowest BCUT2D eigenvalue weighted by molar-refractivity contribution is -0.0428. The second-order valence-electron chi connectivity index (χ2n) is 7.63. The molecule has 4 heterocycles. The van der Waals surface area contributed by atoms with Crippen molar-refractivity contribution in [2.24, 2.45) is 5.92 Å². The van der Waals surface area contributed by atoms with E-state index in [4.69, 9.17) is 0 Å². The maximum atomic E-state index is 12.8. The fourth-order valence-corrected chi connectivity index (χ4v) is 4.21. The molecule has 1 aliphatic carbocycles. The Balaban J connectivity index is 1.24. The van der Waals surface area contributed by atoms with Gasteiger partial charge in [0.25, 0.3) is 5.91 Å². The van der Waals surface area contributed by atoms with Crippen molar-refractivity contribution < 1.29 is 4.79 Å². The van der Waals surface area contributed by atoms with Crippen molar-refractivity contribution in [3.8, 4) is 0 Å². The lowest BCUT2D eigenvalue weighted by atomic mass is 9.82. The van der Waals surface area contributed by atoms with Gasteiger partial charge in [-0.1, -0.05) is 0 Å². The molecule has 3 aliphatic rings. The third-order valence-corrected chi connectivity index (χ3v) is 5.92. The third-order valence-electron chi connectivity index (χ3n) is 5.92. The van der Waals surface area contributed by atoms with Crippen LogP contribution in [0.15, 0.2) is 30.6 Å². The number of aromatic amines is 1. The second kappa shape index (κ2) is 5.95. The molecular formula is C19H23N5O. The van der Waals surface area contributed by atoms with Crippen LogP contribution in [0, 0.1) is 5.92 Å². The fraction of sp³-hybridized carbons (Fsp3) is 0.526. The Morgan fingerprint density at radius 2 is 2.04 bits per heavy atom. The van der Waals surface area contributed by atoms with Gasteiger partial charge in [-0.05, 0) is 48.9 Å². The largest absolute Gasteiger partial charge is 0.336 e. The molecule has 2 atom stereocenters. The molecule has 0 radical (unpaired) electrons. The molecule has 25 heavy (non-hydrogen) atoms. The summed E-state index contributed by atoms with van der Waals surface area (Å²) in [4.78, 5) is 21.4. The number of carbonyl (C=O) groups excluding carboxylic acids is 1. The van der Waals surface area contributed by atoms with E-state index >= 15 is 0 Å². The minimum absolute atomic E-state index is 0.0809. The van der Waals surface area contributed by atoms with Crippen LogP contribution in [0.1, 0.15) is 46.9 Å². The summed E-state index contributed by atoms with van der Waals surface area (Å²) in [6.07, 6.45) is 7.22. The molecule has 0 spiro atoms. The van der Waals surface area contributed by atoms with E-state index in [9.17, 15) is 4.79 Å². The van der Waals surface area contributed by atoms with E-state index in [-0.39, 0.29) is 5.91 Å². The summed E-state index contributed by atoms with van der Waals surface area (Å²) in [5.41, 5.74) is 3.00. The van der Waals surface area contributed by atoms with E-state index in [1.807, 2.05) is 23.4 Å². The lowest BCUT2D eigenvalue weighted by Crippen LogP contribution is -2.64. The Bertz CT molecular complexity index is 769. The SMILES string of the molecule is O=C(c1cc(C2CC2)[nH]n1)N1CC[C@@H]2CN(Cc3ccncc3)[C@@H]2C1. The summed E-state index contributed by atoms with van der Waals surface area (Å²) in [6.45, 7) is 3.76. The van der Waals surface area contributed by atoms with Crippen molar-refractivity contribution in [2.45, 2.75) is 37.8 Å². The predicted octanol–water partition coefficient (Wildman–Crippen LogP) is 2.03. The molecule has 1 saturated carbocycles. The van der Waals surface area contributed by atoms with E-state index in [0.717, 1.165) is 44.2 Å². The first-order chi connectivity index (χ1) is 12.3. The molecule has 2 saturated heterocycles. The van der Waals surface area contributed by atoms with Crippen LogP contribution in [0.25, 0.3) is 0 Å². The third kappa shape index (κ3) is 2.84. The van der Waals surface area contributed by atoms with Gasteiger partial charge in [-0.3, -0.25) is 19.8 Å². The van der Waals surface area contributed by atoms with E-state index < -0.39 is 0 Å². The number of rotatable bonds is 4. The Kier molecular flexibility index (Phi) is 3.59. The molecular weight excluding hydrogens is 314 g/mol. The highest BCUT2D eigenvalue weighted by atomic mass is 16.2. The highest BCUT2D eigenvalue weighted by Crippen LogP contribution is 2.39. The molecule has 2 aromatic rings. The number of piperidine rings is 1. The van der Waals surface area contributed by atoms with Crippen molar-refractivity contribution in [2.75, 3.05) is 19.6 Å². The Morgan fingerprint density at radius 3 is 2.84 bits per heavy atom. The van der Waals surface area contributed by atoms with E-state index in [1.54, 1.807) is 0 Å². The van der Waals surface area contributed by atoms with Crippen LogP contribution in [0.5, 0.6) is 0 Å². The van der Waals surface area contributed by atoms with Crippen molar-refractivity contribution >= 4 is 5.91 Å². The number of likely N-dealkylation sites (tertiary alicyclic amines) is 2. The molecule has 1 N–H and O–H groups in total. The lowest BCUT2D eigenvalue weighted by Gasteiger charge is -2.53. The number of hydrogen-bond donors (Lipinski definition) is 1. The van der Waals surface area contributed by atoms with Crippen molar-refractivity contribution in [3.63, 3.8) is 0 Å². The normalized spacial score (nSPS) is 26.2. The number of pyridine rings is 1. The number of nitrogens with zero attached hydrogens (tertiary/aromatic N) is 4. The molecule has 1 amide bonds. The molecule has 3 fully saturated rings. The van der Waals surface area contributed by atoms with E-state index in [0.29, 0.717) is 17.7 Å². The average Bonchev–Trinajstić information content (AvgIpc) is 3.37. The van der Waals surface area contributed by atoms with Crippen LogP contribution in [-0.4, -0.2) is 56.6 Å². The van der Waals surface area contributed by atoms with Gasteiger partial charge in [0.15, 0.2) is 0 Å². The number of hydrogen-bond acceptors (Lipinski definition) is 4. The highest BCUT2D eigenvalue weighted by Gasteiger charge is 2.43. The van der Waals surface area contributed by atoms with Crippen LogP contribution < -0.4 is 0 Å². The number of aromatic nitrogens is 3. The first-order valence-corrected chi connectivity index (χ1v) is 9.25. The van der Waals surface area contributed by atoms with Gasteiger partial charge in [-0.15, -0.1) is 0 Å².